The van der Waals surface area contributed by atoms with E-state index in [1.807, 2.05) is 6.07 Å². The molecule has 0 saturated carbocycles. The van der Waals surface area contributed by atoms with E-state index in [0.717, 1.165) is 0 Å². The average Bonchev–Trinajstić information content (AvgIpc) is 2.47. The van der Waals surface area contributed by atoms with E-state index in [4.69, 9.17) is 4.84 Å². The van der Waals surface area contributed by atoms with E-state index >= 15 is 0 Å². The zero-order chi connectivity index (χ0) is 13.7. The van der Waals surface area contributed by atoms with Crippen molar-refractivity contribution in [2.45, 2.75) is 0 Å². The number of benzene rings is 2. The van der Waals surface area contributed by atoms with Gasteiger partial charge in [-0.3, -0.25) is 10.1 Å². The number of rotatable bonds is 5. The number of nitrogens with zero attached hydrogens (tertiary/aromatic N) is 2. The summed E-state index contributed by atoms with van der Waals surface area (Å²) in [4.78, 5) is 9.57. The molecule has 0 bridgehead atoms. The number of hydrogen-bond donors (Lipinski definition) is 0. The zero-order valence-corrected chi connectivity index (χ0v) is 10.2. The molecule has 0 aromatic heterocycles. The molecule has 0 saturated heterocycles. The summed E-state index contributed by atoms with van der Waals surface area (Å²) in [7, 11) is 1.26. The van der Waals surface area contributed by atoms with Crippen LogP contribution in [0.4, 0.5) is 11.4 Å². The Morgan fingerprint density at radius 2 is 1.32 bits per heavy atom. The third-order valence-electron chi connectivity index (χ3n) is 2.37. The predicted molar refractivity (Wildman–Crippen MR) is 72.2 cm³/mol. The Morgan fingerprint density at radius 1 is 0.789 bits per heavy atom. The van der Waals surface area contributed by atoms with Crippen molar-refractivity contribution in [3.05, 3.63) is 65.0 Å². The fourth-order valence-corrected chi connectivity index (χ4v) is 1.43. The molecule has 0 unspecified atom stereocenters. The molecule has 2 aromatic rings. The number of hydrogen-bond acceptors (Lipinski definition) is 6. The van der Waals surface area contributed by atoms with Gasteiger partial charge in [-0.15, -0.1) is 0 Å². The highest BCUT2D eigenvalue weighted by Gasteiger charge is 2.00. The van der Waals surface area contributed by atoms with Gasteiger partial charge in [0.2, 0.25) is 0 Å². The molecule has 0 aliphatic rings. The van der Waals surface area contributed by atoms with Crippen molar-refractivity contribution in [2.75, 3.05) is 17.6 Å². The molecule has 2 rings (SSSR count). The molecular weight excluding hydrogens is 248 g/mol. The highest BCUT2D eigenvalue weighted by Crippen LogP contribution is 2.21. The van der Waals surface area contributed by atoms with E-state index in [1.165, 1.54) is 31.4 Å². The Labute approximate surface area is 110 Å². The first-order chi connectivity index (χ1) is 9.20. The van der Waals surface area contributed by atoms with Crippen LogP contribution in [0.2, 0.25) is 0 Å². The first kappa shape index (κ1) is 13.2. The summed E-state index contributed by atoms with van der Waals surface area (Å²) in [6.45, 7) is 0. The van der Waals surface area contributed by atoms with E-state index in [0.29, 0.717) is 21.9 Å². The summed E-state index contributed by atoms with van der Waals surface area (Å²) < 4.78 is 0. The largest absolute Gasteiger partial charge is 0.733 e. The van der Waals surface area contributed by atoms with Crippen LogP contribution in [0.1, 0.15) is 0 Å². The molecule has 0 fully saturated rings. The fraction of sp³-hybridized carbons (Fsp3) is 0.0769. The molecule has 19 heavy (non-hydrogen) atoms. The average molecular weight is 260 g/mol. The van der Waals surface area contributed by atoms with Gasteiger partial charge >= 0.3 is 0 Å². The van der Waals surface area contributed by atoms with Crippen molar-refractivity contribution >= 4 is 11.4 Å². The predicted octanol–water partition coefficient (Wildman–Crippen LogP) is 2.85. The van der Waals surface area contributed by atoms with Gasteiger partial charge in [0.15, 0.2) is 5.75 Å². The molecule has 6 heteroatoms. The van der Waals surface area contributed by atoms with Crippen molar-refractivity contribution < 1.29 is 9.68 Å². The minimum Gasteiger partial charge on any atom is -0.733 e. The second-order valence-corrected chi connectivity index (χ2v) is 3.62. The monoisotopic (exact) mass is 260 g/mol. The molecule has 0 aliphatic carbocycles. The van der Waals surface area contributed by atoms with Gasteiger partial charge < -0.3 is 20.5 Å². The Morgan fingerprint density at radius 3 is 1.84 bits per heavy atom. The van der Waals surface area contributed by atoms with Crippen LogP contribution in [0.3, 0.4) is 0 Å². The maximum Gasteiger partial charge on any atom is 0.154 e. The van der Waals surface area contributed by atoms with Gasteiger partial charge in [-0.2, -0.15) is 0 Å². The molecule has 0 N–H and O–H groups in total. The molecule has 0 aliphatic heterocycles. The number of anilines is 2. The standard InChI is InChI=1S/C13H12N2O4/c1-18-14(16)11-7-9-12(10-8-11)15(17)19-13-5-3-2-4-6-13/h2-10H,1H3/q-2. The first-order valence-electron chi connectivity index (χ1n) is 5.52. The lowest BCUT2D eigenvalue weighted by Crippen LogP contribution is -2.19. The SMILES string of the molecule is CON([O-])c1ccc(N([O-])Oc2ccccc2)cc1. The van der Waals surface area contributed by atoms with Gasteiger partial charge in [-0.05, 0) is 36.4 Å². The Hall–Kier alpha value is -2.28. The van der Waals surface area contributed by atoms with Crippen molar-refractivity contribution in [1.29, 1.82) is 0 Å². The maximum absolute atomic E-state index is 11.7. The van der Waals surface area contributed by atoms with Crippen molar-refractivity contribution in [3.63, 3.8) is 0 Å². The summed E-state index contributed by atoms with van der Waals surface area (Å²) in [5, 5.41) is 23.6. The van der Waals surface area contributed by atoms with E-state index in [1.54, 1.807) is 24.3 Å². The van der Waals surface area contributed by atoms with Gasteiger partial charge in [-0.25, -0.2) is 0 Å². The maximum atomic E-state index is 11.7. The second kappa shape index (κ2) is 6.05. The molecule has 0 spiro atoms. The van der Waals surface area contributed by atoms with Gasteiger partial charge in [0.05, 0.1) is 18.5 Å². The van der Waals surface area contributed by atoms with E-state index in [-0.39, 0.29) is 5.69 Å². The summed E-state index contributed by atoms with van der Waals surface area (Å²) in [6, 6.07) is 14.6. The van der Waals surface area contributed by atoms with Crippen molar-refractivity contribution in [1.82, 2.24) is 0 Å². The highest BCUT2D eigenvalue weighted by molar-refractivity contribution is 5.55. The van der Waals surface area contributed by atoms with Crippen LogP contribution >= 0.6 is 0 Å². The van der Waals surface area contributed by atoms with Gasteiger partial charge in [-0.1, -0.05) is 18.2 Å². The second-order valence-electron chi connectivity index (χ2n) is 3.62. The minimum absolute atomic E-state index is 0.275. The van der Waals surface area contributed by atoms with Crippen LogP contribution in [0.5, 0.6) is 5.75 Å². The molecule has 0 atom stereocenters. The zero-order valence-electron chi connectivity index (χ0n) is 10.2. The van der Waals surface area contributed by atoms with Crippen LogP contribution in [0.25, 0.3) is 0 Å². The molecule has 0 heterocycles. The molecule has 2 aromatic carbocycles. The first-order valence-corrected chi connectivity index (χ1v) is 5.52. The summed E-state index contributed by atoms with van der Waals surface area (Å²) >= 11 is 0. The van der Waals surface area contributed by atoms with Gasteiger partial charge in [0.1, 0.15) is 0 Å². The smallest absolute Gasteiger partial charge is 0.154 e. The Kier molecular flexibility index (Phi) is 4.19. The normalized spacial score (nSPS) is 10.1. The quantitative estimate of drug-likeness (QED) is 0.770. The molecule has 0 radical (unpaired) electrons. The Balaban J connectivity index is 2.05. The fourth-order valence-electron chi connectivity index (χ4n) is 1.43. The lowest BCUT2D eigenvalue weighted by molar-refractivity contribution is 0.198. The molecule has 6 nitrogen and oxygen atoms in total. The topological polar surface area (TPSA) is 71.1 Å². The van der Waals surface area contributed by atoms with Crippen LogP contribution in [-0.2, 0) is 4.84 Å². The van der Waals surface area contributed by atoms with Crippen LogP contribution in [0, 0.1) is 10.4 Å². The third kappa shape index (κ3) is 3.35. The van der Waals surface area contributed by atoms with Gasteiger partial charge in [0, 0.05) is 0 Å². The minimum atomic E-state index is 0.275. The Bertz CT molecular complexity index is 504. The van der Waals surface area contributed by atoms with Crippen molar-refractivity contribution in [2.24, 2.45) is 0 Å². The van der Waals surface area contributed by atoms with E-state index in [2.05, 4.69) is 4.84 Å². The third-order valence-corrected chi connectivity index (χ3v) is 2.37. The van der Waals surface area contributed by atoms with Crippen molar-refractivity contribution in [3.8, 4) is 5.75 Å². The van der Waals surface area contributed by atoms with E-state index in [9.17, 15) is 10.4 Å². The number of para-hydroxylation sites is 1. The van der Waals surface area contributed by atoms with Crippen LogP contribution < -0.4 is 15.3 Å². The lowest BCUT2D eigenvalue weighted by atomic mass is 10.3. The highest BCUT2D eigenvalue weighted by atomic mass is 16.9. The molecular formula is C13H12N2O4-2. The summed E-state index contributed by atoms with van der Waals surface area (Å²) in [5.41, 5.74) is 0.566. The van der Waals surface area contributed by atoms with Crippen LogP contribution in [0.15, 0.2) is 54.6 Å². The molecule has 100 valence electrons. The lowest BCUT2D eigenvalue weighted by Gasteiger charge is -2.31. The van der Waals surface area contributed by atoms with Gasteiger partial charge in [0.25, 0.3) is 0 Å². The summed E-state index contributed by atoms with van der Waals surface area (Å²) in [5.74, 6) is 0.434. The summed E-state index contributed by atoms with van der Waals surface area (Å²) in [6.07, 6.45) is 0. The molecule has 0 amide bonds. The van der Waals surface area contributed by atoms with E-state index < -0.39 is 0 Å². The van der Waals surface area contributed by atoms with Crippen LogP contribution in [-0.4, -0.2) is 7.11 Å².